The van der Waals surface area contributed by atoms with E-state index in [2.05, 4.69) is 15.0 Å². The zero-order valence-corrected chi connectivity index (χ0v) is 16.9. The fourth-order valence-corrected chi connectivity index (χ4v) is 5.14. The van der Waals surface area contributed by atoms with Crippen LogP contribution in [0.3, 0.4) is 0 Å². The molecule has 0 bridgehead atoms. The van der Waals surface area contributed by atoms with Gasteiger partial charge in [0.25, 0.3) is 0 Å². The molecule has 3 rings (SSSR count). The number of methoxy groups -OCH3 is 1. The number of esters is 1. The third-order valence-corrected chi connectivity index (χ3v) is 7.16. The molecule has 7 nitrogen and oxygen atoms in total. The summed E-state index contributed by atoms with van der Waals surface area (Å²) in [6.07, 6.45) is 2.57. The van der Waals surface area contributed by atoms with E-state index in [4.69, 9.17) is 0 Å². The van der Waals surface area contributed by atoms with Gasteiger partial charge in [-0.1, -0.05) is 17.7 Å². The second kappa shape index (κ2) is 8.70. The van der Waals surface area contributed by atoms with Crippen LogP contribution in [0, 0.1) is 6.92 Å². The fourth-order valence-electron chi connectivity index (χ4n) is 3.22. The molecular weight excluding hydrogens is 378 g/mol. The molecule has 0 spiro atoms. The lowest BCUT2D eigenvalue weighted by Crippen LogP contribution is -2.44. The zero-order chi connectivity index (χ0) is 20.1. The number of anilines is 1. The van der Waals surface area contributed by atoms with Gasteiger partial charge in [-0.15, -0.1) is 0 Å². The Morgan fingerprint density at radius 2 is 1.86 bits per heavy atom. The Balaban J connectivity index is 1.92. The molecule has 1 aromatic carbocycles. The maximum Gasteiger partial charge on any atom is 0.339 e. The van der Waals surface area contributed by atoms with Crippen molar-refractivity contribution in [2.24, 2.45) is 0 Å². The van der Waals surface area contributed by atoms with E-state index in [1.54, 1.807) is 12.1 Å². The summed E-state index contributed by atoms with van der Waals surface area (Å²) in [6, 6.07) is 10.7. The van der Waals surface area contributed by atoms with Gasteiger partial charge in [-0.2, -0.15) is 0 Å². The molecule has 1 fully saturated rings. The molecule has 150 valence electrons. The summed E-state index contributed by atoms with van der Waals surface area (Å²) >= 11 is 0. The lowest BCUT2D eigenvalue weighted by atomic mass is 10.2. The quantitative estimate of drug-likeness (QED) is 0.745. The van der Waals surface area contributed by atoms with Gasteiger partial charge < -0.3 is 10.1 Å². The summed E-state index contributed by atoms with van der Waals surface area (Å²) in [4.78, 5) is 15.9. The summed E-state index contributed by atoms with van der Waals surface area (Å²) in [5.41, 5.74) is 2.56. The van der Waals surface area contributed by atoms with Gasteiger partial charge in [0.15, 0.2) is 0 Å². The molecule has 2 aromatic rings. The standard InChI is InChI=1S/C20H25N3O4S/c1-15-3-7-18(8-4-15)23(28(25,26)19-9-11-21-12-10-19)14-17-6-5-16(13-22-17)20(24)27-2/h3-8,13,19,21H,9-12,14H2,1-2H3. The van der Waals surface area contributed by atoms with Crippen molar-refractivity contribution < 1.29 is 17.9 Å². The first-order valence-electron chi connectivity index (χ1n) is 9.24. The van der Waals surface area contributed by atoms with Crippen molar-refractivity contribution in [3.63, 3.8) is 0 Å². The average molecular weight is 404 g/mol. The van der Waals surface area contributed by atoms with Crippen molar-refractivity contribution in [1.82, 2.24) is 10.3 Å². The van der Waals surface area contributed by atoms with E-state index in [-0.39, 0.29) is 6.54 Å². The number of piperidine rings is 1. The van der Waals surface area contributed by atoms with Gasteiger partial charge in [0.2, 0.25) is 10.0 Å². The smallest absolute Gasteiger partial charge is 0.339 e. The van der Waals surface area contributed by atoms with Crippen LogP contribution in [0.5, 0.6) is 0 Å². The van der Waals surface area contributed by atoms with E-state index in [0.29, 0.717) is 42.9 Å². The second-order valence-corrected chi connectivity index (χ2v) is 9.00. The average Bonchev–Trinajstić information content (AvgIpc) is 2.73. The van der Waals surface area contributed by atoms with Gasteiger partial charge in [-0.05, 0) is 57.1 Å². The monoisotopic (exact) mass is 403 g/mol. The summed E-state index contributed by atoms with van der Waals surface area (Å²) < 4.78 is 32.9. The Labute approximate surface area is 165 Å². The Morgan fingerprint density at radius 3 is 2.43 bits per heavy atom. The number of aryl methyl sites for hydroxylation is 1. The molecule has 0 amide bonds. The molecule has 1 saturated heterocycles. The van der Waals surface area contributed by atoms with E-state index in [9.17, 15) is 13.2 Å². The van der Waals surface area contributed by atoms with E-state index in [0.717, 1.165) is 5.56 Å². The van der Waals surface area contributed by atoms with E-state index >= 15 is 0 Å². The topological polar surface area (TPSA) is 88.6 Å². The minimum absolute atomic E-state index is 0.108. The van der Waals surface area contributed by atoms with Crippen LogP contribution in [0.15, 0.2) is 42.6 Å². The lowest BCUT2D eigenvalue weighted by molar-refractivity contribution is 0.0600. The maximum absolute atomic E-state index is 13.4. The van der Waals surface area contributed by atoms with Crippen molar-refractivity contribution in [3.8, 4) is 0 Å². The van der Waals surface area contributed by atoms with Crippen LogP contribution in [0.2, 0.25) is 0 Å². The van der Waals surface area contributed by atoms with Gasteiger partial charge in [0.1, 0.15) is 0 Å². The molecule has 0 aliphatic carbocycles. The number of rotatable bonds is 6. The minimum atomic E-state index is -3.56. The first-order valence-corrected chi connectivity index (χ1v) is 10.7. The molecule has 1 aromatic heterocycles. The van der Waals surface area contributed by atoms with Crippen molar-refractivity contribution in [1.29, 1.82) is 0 Å². The summed E-state index contributed by atoms with van der Waals surface area (Å²) in [7, 11) is -2.25. The number of carbonyl (C=O) groups excluding carboxylic acids is 1. The summed E-state index contributed by atoms with van der Waals surface area (Å²) in [5.74, 6) is -0.475. The number of hydrogen-bond donors (Lipinski definition) is 1. The summed E-state index contributed by atoms with van der Waals surface area (Å²) in [5, 5.41) is 2.78. The van der Waals surface area contributed by atoms with E-state index < -0.39 is 21.2 Å². The molecule has 28 heavy (non-hydrogen) atoms. The summed E-state index contributed by atoms with van der Waals surface area (Å²) in [6.45, 7) is 3.45. The van der Waals surface area contributed by atoms with Gasteiger partial charge in [-0.3, -0.25) is 9.29 Å². The van der Waals surface area contributed by atoms with Crippen molar-refractivity contribution in [2.75, 3.05) is 24.5 Å². The highest BCUT2D eigenvalue weighted by Gasteiger charge is 2.33. The number of sulfonamides is 1. The van der Waals surface area contributed by atoms with Crippen molar-refractivity contribution >= 4 is 21.7 Å². The predicted octanol–water partition coefficient (Wildman–Crippen LogP) is 2.27. The van der Waals surface area contributed by atoms with Gasteiger partial charge in [0.05, 0.1) is 35.8 Å². The fraction of sp³-hybridized carbons (Fsp3) is 0.400. The highest BCUT2D eigenvalue weighted by Crippen LogP contribution is 2.27. The molecule has 1 aliphatic heterocycles. The number of aromatic nitrogens is 1. The third kappa shape index (κ3) is 4.51. The Hall–Kier alpha value is -2.45. The van der Waals surface area contributed by atoms with Gasteiger partial charge in [0, 0.05) is 6.20 Å². The van der Waals surface area contributed by atoms with Crippen molar-refractivity contribution in [2.45, 2.75) is 31.6 Å². The molecule has 0 atom stereocenters. The Bertz CT molecular complexity index is 905. The van der Waals surface area contributed by atoms with Crippen LogP contribution < -0.4 is 9.62 Å². The number of nitrogens with one attached hydrogen (secondary N) is 1. The number of pyridine rings is 1. The predicted molar refractivity (Wildman–Crippen MR) is 108 cm³/mol. The molecular formula is C20H25N3O4S. The largest absolute Gasteiger partial charge is 0.465 e. The zero-order valence-electron chi connectivity index (χ0n) is 16.1. The number of benzene rings is 1. The SMILES string of the molecule is COC(=O)c1ccc(CN(c2ccc(C)cc2)S(=O)(=O)C2CCNCC2)nc1. The molecule has 0 saturated carbocycles. The molecule has 1 aliphatic rings. The second-order valence-electron chi connectivity index (χ2n) is 6.87. The lowest BCUT2D eigenvalue weighted by Gasteiger charge is -2.31. The molecule has 2 heterocycles. The Kier molecular flexibility index (Phi) is 6.31. The van der Waals surface area contributed by atoms with E-state index in [1.165, 1.54) is 17.6 Å². The van der Waals surface area contributed by atoms with Crippen LogP contribution in [0.4, 0.5) is 5.69 Å². The first-order chi connectivity index (χ1) is 13.4. The van der Waals surface area contributed by atoms with Crippen LogP contribution >= 0.6 is 0 Å². The van der Waals surface area contributed by atoms with E-state index in [1.807, 2.05) is 31.2 Å². The maximum atomic E-state index is 13.4. The number of nitrogens with zero attached hydrogens (tertiary/aromatic N) is 2. The number of ether oxygens (including phenoxy) is 1. The third-order valence-electron chi connectivity index (χ3n) is 4.89. The normalized spacial score (nSPS) is 15.2. The molecule has 1 N–H and O–H groups in total. The number of hydrogen-bond acceptors (Lipinski definition) is 6. The first kappa shape index (κ1) is 20.3. The van der Waals surface area contributed by atoms with Crippen LogP contribution in [0.1, 0.15) is 34.5 Å². The number of carbonyl (C=O) groups is 1. The molecule has 8 heteroatoms. The van der Waals surface area contributed by atoms with Gasteiger partial charge in [-0.25, -0.2) is 13.2 Å². The minimum Gasteiger partial charge on any atom is -0.465 e. The van der Waals surface area contributed by atoms with Crippen LogP contribution in [-0.2, 0) is 21.3 Å². The van der Waals surface area contributed by atoms with Gasteiger partial charge >= 0.3 is 5.97 Å². The highest BCUT2D eigenvalue weighted by atomic mass is 32.2. The molecule has 0 radical (unpaired) electrons. The Morgan fingerprint density at radius 1 is 1.18 bits per heavy atom. The van der Waals surface area contributed by atoms with Crippen molar-refractivity contribution in [3.05, 3.63) is 59.4 Å². The highest BCUT2D eigenvalue weighted by molar-refractivity contribution is 7.93. The van der Waals surface area contributed by atoms with Crippen LogP contribution in [0.25, 0.3) is 0 Å². The van der Waals surface area contributed by atoms with Crippen LogP contribution in [-0.4, -0.2) is 44.8 Å². The molecule has 0 unspecified atom stereocenters.